The van der Waals surface area contributed by atoms with Gasteiger partial charge < -0.3 is 5.32 Å². The third-order valence-corrected chi connectivity index (χ3v) is 4.90. The summed E-state index contributed by atoms with van der Waals surface area (Å²) in [6.45, 7) is 4.70. The summed E-state index contributed by atoms with van der Waals surface area (Å²) in [6.07, 6.45) is 3.32. The van der Waals surface area contributed by atoms with Crippen LogP contribution in [0, 0.1) is 17.0 Å². The second-order valence-electron chi connectivity index (χ2n) is 5.32. The number of rotatable bonds is 8. The highest BCUT2D eigenvalue weighted by atomic mass is 35.5. The molecule has 0 spiro atoms. The summed E-state index contributed by atoms with van der Waals surface area (Å²) in [5.74, 6) is -0.286. The van der Waals surface area contributed by atoms with Crippen molar-refractivity contribution in [3.8, 4) is 0 Å². The molecule has 24 heavy (non-hydrogen) atoms. The van der Waals surface area contributed by atoms with Crippen molar-refractivity contribution < 1.29 is 9.72 Å². The van der Waals surface area contributed by atoms with E-state index < -0.39 is 4.92 Å². The topological polar surface area (TPSA) is 85.1 Å². The number of nitrogens with one attached hydrogen (secondary N) is 1. The van der Waals surface area contributed by atoms with Crippen LogP contribution >= 0.6 is 22.9 Å². The van der Waals surface area contributed by atoms with Crippen molar-refractivity contribution in [3.63, 3.8) is 0 Å². The van der Waals surface area contributed by atoms with E-state index in [1.165, 1.54) is 29.5 Å². The molecule has 0 amide bonds. The van der Waals surface area contributed by atoms with Crippen molar-refractivity contribution in [1.29, 1.82) is 0 Å². The Morgan fingerprint density at radius 3 is 2.83 bits per heavy atom. The number of ketones is 1. The fourth-order valence-electron chi connectivity index (χ4n) is 2.18. The van der Waals surface area contributed by atoms with Gasteiger partial charge in [-0.3, -0.25) is 14.9 Å². The van der Waals surface area contributed by atoms with Crippen molar-refractivity contribution in [3.05, 3.63) is 49.5 Å². The van der Waals surface area contributed by atoms with Gasteiger partial charge in [0, 0.05) is 18.2 Å². The van der Waals surface area contributed by atoms with Gasteiger partial charge in [0.1, 0.15) is 5.02 Å². The summed E-state index contributed by atoms with van der Waals surface area (Å²) >= 11 is 7.05. The van der Waals surface area contributed by atoms with Crippen LogP contribution in [0.15, 0.2) is 18.2 Å². The highest BCUT2D eigenvalue weighted by Gasteiger charge is 2.21. The number of aryl methyl sites for hydroxylation is 1. The smallest absolute Gasteiger partial charge is 0.288 e. The summed E-state index contributed by atoms with van der Waals surface area (Å²) in [7, 11) is 0. The molecule has 1 N–H and O–H groups in total. The molecule has 1 aromatic heterocycles. The standard InChI is InChI=1S/C16H18ClN3O3S/c1-3-4-5-8-18-16-19-10(2)15(24-16)14(21)11-6-7-12(17)13(9-11)20(22)23/h6-7,9H,3-5,8H2,1-2H3,(H,18,19). The molecule has 8 heteroatoms. The van der Waals surface area contributed by atoms with Crippen LogP contribution in [0.2, 0.25) is 5.02 Å². The van der Waals surface area contributed by atoms with Gasteiger partial charge in [-0.05, 0) is 25.5 Å². The third-order valence-electron chi connectivity index (χ3n) is 3.46. The molecule has 0 aliphatic rings. The molecule has 2 aromatic rings. The number of hydrogen-bond acceptors (Lipinski definition) is 6. The molecule has 0 aliphatic heterocycles. The molecule has 0 atom stereocenters. The maximum Gasteiger partial charge on any atom is 0.288 e. The predicted octanol–water partition coefficient (Wildman–Crippen LogP) is 4.85. The molecular formula is C16H18ClN3O3S. The van der Waals surface area contributed by atoms with Gasteiger partial charge in [0.2, 0.25) is 5.78 Å². The van der Waals surface area contributed by atoms with Gasteiger partial charge in [-0.15, -0.1) is 0 Å². The maximum absolute atomic E-state index is 12.6. The minimum Gasteiger partial charge on any atom is -0.361 e. The number of aromatic nitrogens is 1. The molecule has 0 fully saturated rings. The van der Waals surface area contributed by atoms with E-state index in [1.807, 2.05) is 0 Å². The first-order valence-electron chi connectivity index (χ1n) is 7.64. The van der Waals surface area contributed by atoms with Crippen LogP contribution in [0.1, 0.15) is 47.1 Å². The predicted molar refractivity (Wildman–Crippen MR) is 96.4 cm³/mol. The number of unbranched alkanes of at least 4 members (excludes halogenated alkanes) is 2. The zero-order valence-electron chi connectivity index (χ0n) is 13.5. The fraction of sp³-hybridized carbons (Fsp3) is 0.375. The second kappa shape index (κ2) is 8.21. The van der Waals surface area contributed by atoms with Crippen molar-refractivity contribution in [1.82, 2.24) is 4.98 Å². The summed E-state index contributed by atoms with van der Waals surface area (Å²) < 4.78 is 0. The highest BCUT2D eigenvalue weighted by molar-refractivity contribution is 7.17. The van der Waals surface area contributed by atoms with Crippen LogP contribution in [0.3, 0.4) is 0 Å². The Bertz CT molecular complexity index is 761. The Balaban J connectivity index is 2.19. The Morgan fingerprint density at radius 1 is 1.42 bits per heavy atom. The van der Waals surface area contributed by atoms with Crippen molar-refractivity contribution >= 4 is 39.5 Å². The van der Waals surface area contributed by atoms with Crippen LogP contribution in [0.5, 0.6) is 0 Å². The van der Waals surface area contributed by atoms with Gasteiger partial charge in [-0.1, -0.05) is 42.7 Å². The molecule has 0 aliphatic carbocycles. The number of nitrogens with zero attached hydrogens (tertiary/aromatic N) is 2. The van der Waals surface area contributed by atoms with Gasteiger partial charge in [0.15, 0.2) is 5.13 Å². The summed E-state index contributed by atoms with van der Waals surface area (Å²) in [5, 5.41) is 14.9. The lowest BCUT2D eigenvalue weighted by Crippen LogP contribution is -2.02. The van der Waals surface area contributed by atoms with E-state index in [2.05, 4.69) is 17.2 Å². The minimum atomic E-state index is -0.598. The van der Waals surface area contributed by atoms with Crippen LogP contribution in [-0.2, 0) is 0 Å². The number of carbonyl (C=O) groups excluding carboxylic acids is 1. The zero-order valence-corrected chi connectivity index (χ0v) is 15.0. The lowest BCUT2D eigenvalue weighted by molar-refractivity contribution is -0.384. The number of hydrogen-bond donors (Lipinski definition) is 1. The van der Waals surface area contributed by atoms with E-state index in [9.17, 15) is 14.9 Å². The van der Waals surface area contributed by atoms with Crippen LogP contribution < -0.4 is 5.32 Å². The number of halogens is 1. The van der Waals surface area contributed by atoms with Gasteiger partial charge in [-0.25, -0.2) is 4.98 Å². The maximum atomic E-state index is 12.6. The Morgan fingerprint density at radius 2 is 2.17 bits per heavy atom. The van der Waals surface area contributed by atoms with Gasteiger partial charge in [-0.2, -0.15) is 0 Å². The molecule has 1 aromatic carbocycles. The lowest BCUT2D eigenvalue weighted by Gasteiger charge is -2.01. The number of nitro groups is 1. The van der Waals surface area contributed by atoms with E-state index in [4.69, 9.17) is 11.6 Å². The van der Waals surface area contributed by atoms with Crippen LogP contribution in [-0.4, -0.2) is 22.2 Å². The summed E-state index contributed by atoms with van der Waals surface area (Å²) in [5.41, 5.74) is 0.568. The van der Waals surface area contributed by atoms with Crippen LogP contribution in [0.25, 0.3) is 0 Å². The molecule has 6 nitrogen and oxygen atoms in total. The molecule has 2 rings (SSSR count). The van der Waals surface area contributed by atoms with E-state index in [0.29, 0.717) is 15.7 Å². The number of carbonyl (C=O) groups is 1. The molecule has 128 valence electrons. The first-order valence-corrected chi connectivity index (χ1v) is 8.83. The third kappa shape index (κ3) is 4.30. The van der Waals surface area contributed by atoms with Crippen molar-refractivity contribution in [2.75, 3.05) is 11.9 Å². The largest absolute Gasteiger partial charge is 0.361 e. The lowest BCUT2D eigenvalue weighted by atomic mass is 10.1. The van der Waals surface area contributed by atoms with Gasteiger partial charge in [0.25, 0.3) is 5.69 Å². The number of benzene rings is 1. The van der Waals surface area contributed by atoms with Gasteiger partial charge >= 0.3 is 0 Å². The summed E-state index contributed by atoms with van der Waals surface area (Å²) in [6, 6.07) is 4.07. The van der Waals surface area contributed by atoms with E-state index in [-0.39, 0.29) is 22.1 Å². The monoisotopic (exact) mass is 367 g/mol. The van der Waals surface area contributed by atoms with Gasteiger partial charge in [0.05, 0.1) is 15.5 Å². The van der Waals surface area contributed by atoms with Crippen molar-refractivity contribution in [2.45, 2.75) is 33.1 Å². The SMILES string of the molecule is CCCCCNc1nc(C)c(C(=O)c2ccc(Cl)c([N+](=O)[O-])c2)s1. The Labute approximate surface area is 149 Å². The molecular weight excluding hydrogens is 350 g/mol. The van der Waals surface area contributed by atoms with E-state index in [0.717, 1.165) is 25.8 Å². The average molecular weight is 368 g/mol. The number of anilines is 1. The molecule has 0 unspecified atom stereocenters. The molecule has 0 bridgehead atoms. The van der Waals surface area contributed by atoms with Crippen molar-refractivity contribution in [2.24, 2.45) is 0 Å². The first-order chi connectivity index (χ1) is 11.4. The number of thiazole rings is 1. The minimum absolute atomic E-state index is 0.0101. The fourth-order valence-corrected chi connectivity index (χ4v) is 3.32. The zero-order chi connectivity index (χ0) is 17.7. The molecule has 0 saturated heterocycles. The Hall–Kier alpha value is -1.99. The molecule has 0 saturated carbocycles. The quantitative estimate of drug-likeness (QED) is 0.312. The Kier molecular flexibility index (Phi) is 6.28. The average Bonchev–Trinajstić information content (AvgIpc) is 2.92. The molecule has 1 heterocycles. The van der Waals surface area contributed by atoms with E-state index in [1.54, 1.807) is 6.92 Å². The highest BCUT2D eigenvalue weighted by Crippen LogP contribution is 2.29. The second-order valence-corrected chi connectivity index (χ2v) is 6.73. The number of nitro benzene ring substituents is 1. The first kappa shape index (κ1) is 18.4. The summed E-state index contributed by atoms with van der Waals surface area (Å²) in [4.78, 5) is 27.8. The molecule has 0 radical (unpaired) electrons. The van der Waals surface area contributed by atoms with E-state index >= 15 is 0 Å². The van der Waals surface area contributed by atoms with Crippen LogP contribution in [0.4, 0.5) is 10.8 Å². The normalized spacial score (nSPS) is 10.6.